The topological polar surface area (TPSA) is 64.6 Å². The summed E-state index contributed by atoms with van der Waals surface area (Å²) in [4.78, 5) is 24.8. The van der Waals surface area contributed by atoms with Crippen LogP contribution in [0.2, 0.25) is 0 Å². The van der Waals surface area contributed by atoms with Crippen molar-refractivity contribution < 1.29 is 19.1 Å². The number of carbonyl (C=O) groups excluding carboxylic acids is 2. The third-order valence-corrected chi connectivity index (χ3v) is 6.68. The molecule has 31 heavy (non-hydrogen) atoms. The Morgan fingerprint density at radius 3 is 1.97 bits per heavy atom. The van der Waals surface area contributed by atoms with E-state index in [2.05, 4.69) is 26.1 Å². The normalized spacial score (nSPS) is 23.0. The monoisotopic (exact) mass is 439 g/mol. The van der Waals surface area contributed by atoms with Gasteiger partial charge in [0.2, 0.25) is 5.91 Å². The van der Waals surface area contributed by atoms with Gasteiger partial charge in [-0.15, -0.1) is 0 Å². The maximum atomic E-state index is 12.9. The van der Waals surface area contributed by atoms with Gasteiger partial charge in [0, 0.05) is 23.8 Å². The van der Waals surface area contributed by atoms with Crippen molar-refractivity contribution >= 4 is 11.7 Å². The highest BCUT2D eigenvalue weighted by Crippen LogP contribution is 2.37. The largest absolute Gasteiger partial charge is 0.379 e. The fraction of sp³-hybridized carbons (Fsp3) is 0.923. The summed E-state index contributed by atoms with van der Waals surface area (Å²) in [6.45, 7) is 15.1. The summed E-state index contributed by atoms with van der Waals surface area (Å²) in [6.07, 6.45) is 10.9. The molecule has 0 spiro atoms. The van der Waals surface area contributed by atoms with E-state index in [0.29, 0.717) is 44.8 Å². The molecule has 1 atom stereocenters. The number of nitrogens with one attached hydrogen (secondary N) is 1. The standard InChI is InChI=1S/C26H49NO4/c1-24(2,3)22(28)12-18-30-20-21-31-19-17-27-23(29)26(6)15-10-8-7-9-13-25(4,5)14-11-16-26/h7-21H2,1-6H3,(H,27,29). The van der Waals surface area contributed by atoms with Crippen molar-refractivity contribution in [2.45, 2.75) is 106 Å². The lowest BCUT2D eigenvalue weighted by atomic mass is 9.76. The molecule has 1 aliphatic rings. The Morgan fingerprint density at radius 2 is 1.32 bits per heavy atom. The number of Topliss-reactive ketones (excluding diaryl/α,β-unsaturated/α-hetero) is 1. The summed E-state index contributed by atoms with van der Waals surface area (Å²) < 4.78 is 11.1. The van der Waals surface area contributed by atoms with Crippen molar-refractivity contribution in [2.24, 2.45) is 16.2 Å². The van der Waals surface area contributed by atoms with Gasteiger partial charge in [0.25, 0.3) is 0 Å². The van der Waals surface area contributed by atoms with Gasteiger partial charge in [-0.05, 0) is 31.1 Å². The Kier molecular flexibility index (Phi) is 12.3. The first-order valence-corrected chi connectivity index (χ1v) is 12.4. The summed E-state index contributed by atoms with van der Waals surface area (Å²) in [6, 6.07) is 0. The van der Waals surface area contributed by atoms with Gasteiger partial charge in [-0.25, -0.2) is 0 Å². The van der Waals surface area contributed by atoms with Crippen LogP contribution < -0.4 is 5.32 Å². The first-order chi connectivity index (χ1) is 14.5. The highest BCUT2D eigenvalue weighted by molar-refractivity contribution is 5.83. The van der Waals surface area contributed by atoms with Crippen LogP contribution >= 0.6 is 0 Å². The molecule has 1 unspecified atom stereocenters. The number of hydrogen-bond donors (Lipinski definition) is 1. The van der Waals surface area contributed by atoms with E-state index in [1.807, 2.05) is 20.8 Å². The number of hydrogen-bond acceptors (Lipinski definition) is 4. The van der Waals surface area contributed by atoms with E-state index in [0.717, 1.165) is 25.7 Å². The van der Waals surface area contributed by atoms with Crippen LogP contribution in [0, 0.1) is 16.2 Å². The van der Waals surface area contributed by atoms with Crippen LogP contribution in [0.15, 0.2) is 0 Å². The Hall–Kier alpha value is -0.940. The third-order valence-electron chi connectivity index (χ3n) is 6.68. The van der Waals surface area contributed by atoms with Crippen molar-refractivity contribution in [3.05, 3.63) is 0 Å². The summed E-state index contributed by atoms with van der Waals surface area (Å²) >= 11 is 0. The van der Waals surface area contributed by atoms with Crippen LogP contribution in [0.5, 0.6) is 0 Å². The smallest absolute Gasteiger partial charge is 0.226 e. The van der Waals surface area contributed by atoms with Gasteiger partial charge in [0.15, 0.2) is 0 Å². The van der Waals surface area contributed by atoms with Gasteiger partial charge in [0.1, 0.15) is 5.78 Å². The average Bonchev–Trinajstić information content (AvgIpc) is 2.70. The number of ketones is 1. The van der Waals surface area contributed by atoms with E-state index >= 15 is 0 Å². The number of amides is 1. The van der Waals surface area contributed by atoms with Crippen LogP contribution in [-0.4, -0.2) is 44.7 Å². The molecule has 1 saturated carbocycles. The fourth-order valence-corrected chi connectivity index (χ4v) is 4.22. The van der Waals surface area contributed by atoms with Crippen molar-refractivity contribution in [1.82, 2.24) is 5.32 Å². The Bertz CT molecular complexity index is 538. The molecule has 1 aliphatic carbocycles. The quantitative estimate of drug-likeness (QED) is 0.444. The minimum atomic E-state index is -0.307. The van der Waals surface area contributed by atoms with E-state index < -0.39 is 0 Å². The first kappa shape index (κ1) is 28.1. The zero-order chi connectivity index (χ0) is 23.4. The maximum absolute atomic E-state index is 12.9. The first-order valence-electron chi connectivity index (χ1n) is 12.4. The molecule has 0 aromatic heterocycles. The molecule has 5 nitrogen and oxygen atoms in total. The second-order valence-corrected chi connectivity index (χ2v) is 11.4. The summed E-state index contributed by atoms with van der Waals surface area (Å²) in [5.41, 5.74) is -0.195. The predicted molar refractivity (Wildman–Crippen MR) is 127 cm³/mol. The van der Waals surface area contributed by atoms with Crippen LogP contribution in [0.3, 0.4) is 0 Å². The predicted octanol–water partition coefficient (Wildman–Crippen LogP) is 5.70. The van der Waals surface area contributed by atoms with Crippen molar-refractivity contribution in [3.8, 4) is 0 Å². The molecule has 0 aliphatic heterocycles. The van der Waals surface area contributed by atoms with Gasteiger partial charge >= 0.3 is 0 Å². The van der Waals surface area contributed by atoms with Gasteiger partial charge in [-0.3, -0.25) is 9.59 Å². The SMILES string of the molecule is CC1(C)CCCCCCC(C)(C(=O)NCCOCCOCCC(=O)C(C)(C)C)CCC1. The van der Waals surface area contributed by atoms with Gasteiger partial charge in [0.05, 0.1) is 26.4 Å². The lowest BCUT2D eigenvalue weighted by molar-refractivity contribution is -0.131. The Labute approximate surface area is 191 Å². The van der Waals surface area contributed by atoms with Crippen LogP contribution in [0.4, 0.5) is 0 Å². The minimum absolute atomic E-state index is 0.171. The molecule has 1 rings (SSSR count). The molecule has 0 aromatic carbocycles. The lowest BCUT2D eigenvalue weighted by Crippen LogP contribution is -2.40. The highest BCUT2D eigenvalue weighted by Gasteiger charge is 2.33. The molecule has 0 radical (unpaired) electrons. The maximum Gasteiger partial charge on any atom is 0.226 e. The molecular formula is C26H49NO4. The van der Waals surface area contributed by atoms with E-state index in [1.165, 1.54) is 32.1 Å². The molecule has 182 valence electrons. The summed E-state index contributed by atoms with van der Waals surface area (Å²) in [5, 5.41) is 3.10. The second-order valence-electron chi connectivity index (χ2n) is 11.4. The number of rotatable bonds is 10. The van der Waals surface area contributed by atoms with Gasteiger partial charge < -0.3 is 14.8 Å². The summed E-state index contributed by atoms with van der Waals surface area (Å²) in [5.74, 6) is 0.384. The molecule has 0 bridgehead atoms. The molecule has 1 N–H and O–H groups in total. The highest BCUT2D eigenvalue weighted by atomic mass is 16.5. The Balaban J connectivity index is 2.23. The van der Waals surface area contributed by atoms with E-state index in [-0.39, 0.29) is 22.5 Å². The summed E-state index contributed by atoms with van der Waals surface area (Å²) in [7, 11) is 0. The van der Waals surface area contributed by atoms with Crippen molar-refractivity contribution in [3.63, 3.8) is 0 Å². The van der Waals surface area contributed by atoms with E-state index in [4.69, 9.17) is 9.47 Å². The van der Waals surface area contributed by atoms with Crippen LogP contribution in [0.25, 0.3) is 0 Å². The number of ether oxygens (including phenoxy) is 2. The molecule has 0 heterocycles. The molecular weight excluding hydrogens is 390 g/mol. The molecule has 5 heteroatoms. The van der Waals surface area contributed by atoms with E-state index in [9.17, 15) is 9.59 Å². The molecule has 0 saturated heterocycles. The fourth-order valence-electron chi connectivity index (χ4n) is 4.22. The van der Waals surface area contributed by atoms with Crippen molar-refractivity contribution in [2.75, 3.05) is 33.0 Å². The number of carbonyl (C=O) groups is 2. The third kappa shape index (κ3) is 12.0. The van der Waals surface area contributed by atoms with Crippen molar-refractivity contribution in [1.29, 1.82) is 0 Å². The minimum Gasteiger partial charge on any atom is -0.379 e. The van der Waals surface area contributed by atoms with Crippen LogP contribution in [0.1, 0.15) is 106 Å². The molecule has 1 amide bonds. The van der Waals surface area contributed by atoms with Gasteiger partial charge in [-0.2, -0.15) is 0 Å². The zero-order valence-electron chi connectivity index (χ0n) is 21.2. The zero-order valence-corrected chi connectivity index (χ0v) is 21.2. The molecule has 1 fully saturated rings. The lowest BCUT2D eigenvalue weighted by Gasteiger charge is -2.30. The molecule has 0 aromatic rings. The van der Waals surface area contributed by atoms with Gasteiger partial charge in [-0.1, -0.05) is 73.6 Å². The average molecular weight is 440 g/mol. The Morgan fingerprint density at radius 1 is 0.774 bits per heavy atom. The second kappa shape index (κ2) is 13.6. The van der Waals surface area contributed by atoms with Crippen LogP contribution in [-0.2, 0) is 19.1 Å². The van der Waals surface area contributed by atoms with E-state index in [1.54, 1.807) is 0 Å².